The second kappa shape index (κ2) is 8.59. The van der Waals surface area contributed by atoms with Crippen molar-refractivity contribution >= 4 is 27.7 Å². The number of carbonyl (C=O) groups excluding carboxylic acids is 1. The molecule has 1 unspecified atom stereocenters. The Morgan fingerprint density at radius 2 is 1.64 bits per heavy atom. The Hall–Kier alpha value is -4.45. The van der Waals surface area contributed by atoms with Gasteiger partial charge in [-0.15, -0.1) is 0 Å². The molecule has 4 aromatic carbocycles. The number of aromatic hydroxyl groups is 1. The molecular formula is C27H21N3O3. The van der Waals surface area contributed by atoms with Gasteiger partial charge >= 0.3 is 0 Å². The number of phenolic OH excluding ortho intramolecular Hbond substituents is 1. The maximum atomic E-state index is 13.2. The second-order valence-electron chi connectivity index (χ2n) is 7.80. The van der Waals surface area contributed by atoms with E-state index in [0.29, 0.717) is 16.6 Å². The molecule has 0 aliphatic heterocycles. The van der Waals surface area contributed by atoms with E-state index in [1.807, 2.05) is 66.7 Å². The fraction of sp³-hybridized carbons (Fsp3) is 0.0741. The van der Waals surface area contributed by atoms with Crippen molar-refractivity contribution in [2.24, 2.45) is 0 Å². The lowest BCUT2D eigenvalue weighted by Crippen LogP contribution is -2.35. The molecule has 0 saturated heterocycles. The minimum atomic E-state index is -0.603. The molecule has 1 amide bonds. The molecule has 0 bridgehead atoms. The minimum Gasteiger partial charge on any atom is -0.508 e. The number of phenols is 1. The van der Waals surface area contributed by atoms with E-state index in [2.05, 4.69) is 10.3 Å². The number of nitrogens with one attached hydrogen (secondary N) is 1. The summed E-state index contributed by atoms with van der Waals surface area (Å²) in [6, 6.07) is 27.3. The van der Waals surface area contributed by atoms with E-state index in [0.717, 1.165) is 16.3 Å². The highest BCUT2D eigenvalue weighted by Gasteiger charge is 2.23. The molecule has 0 saturated carbocycles. The summed E-state index contributed by atoms with van der Waals surface area (Å²) in [4.78, 5) is 29.9. The van der Waals surface area contributed by atoms with Crippen molar-refractivity contribution in [3.8, 4) is 5.75 Å². The summed E-state index contributed by atoms with van der Waals surface area (Å²) in [5.41, 5.74) is 2.30. The standard InChI is InChI=1S/C27H21N3O3/c31-23-15-14-18-8-4-5-11-20(18)26(23)27(19-9-2-1-3-10-19)29-24(32)17-30-22-13-7-6-12-21(22)28-16-25(30)33/h1-16,27,31H,17H2,(H,29,32). The summed E-state index contributed by atoms with van der Waals surface area (Å²) in [5.74, 6) is -0.260. The largest absolute Gasteiger partial charge is 0.508 e. The van der Waals surface area contributed by atoms with Crippen LogP contribution in [0.5, 0.6) is 5.75 Å². The van der Waals surface area contributed by atoms with Gasteiger partial charge in [0.1, 0.15) is 12.3 Å². The van der Waals surface area contributed by atoms with Crippen LogP contribution in [0.1, 0.15) is 17.2 Å². The average molecular weight is 435 g/mol. The number of para-hydroxylation sites is 2. The van der Waals surface area contributed by atoms with Crippen LogP contribution in [0.3, 0.4) is 0 Å². The van der Waals surface area contributed by atoms with Crippen LogP contribution in [-0.4, -0.2) is 20.6 Å². The Kier molecular flexibility index (Phi) is 5.32. The Bertz CT molecular complexity index is 1530. The van der Waals surface area contributed by atoms with Gasteiger partial charge in [-0.25, -0.2) is 4.98 Å². The molecule has 6 heteroatoms. The van der Waals surface area contributed by atoms with Crippen LogP contribution >= 0.6 is 0 Å². The monoisotopic (exact) mass is 435 g/mol. The molecule has 5 aromatic rings. The molecule has 0 radical (unpaired) electrons. The molecule has 0 fully saturated rings. The van der Waals surface area contributed by atoms with Gasteiger partial charge in [-0.2, -0.15) is 0 Å². The van der Waals surface area contributed by atoms with Crippen molar-refractivity contribution in [2.75, 3.05) is 0 Å². The molecule has 0 spiro atoms. The highest BCUT2D eigenvalue weighted by atomic mass is 16.3. The Morgan fingerprint density at radius 3 is 2.48 bits per heavy atom. The zero-order chi connectivity index (χ0) is 22.8. The maximum absolute atomic E-state index is 13.2. The Labute approximate surface area is 189 Å². The summed E-state index contributed by atoms with van der Waals surface area (Å²) in [7, 11) is 0. The van der Waals surface area contributed by atoms with Gasteiger partial charge in [-0.3, -0.25) is 14.2 Å². The molecule has 6 nitrogen and oxygen atoms in total. The van der Waals surface area contributed by atoms with E-state index in [4.69, 9.17) is 0 Å². The molecule has 2 N–H and O–H groups in total. The van der Waals surface area contributed by atoms with Crippen molar-refractivity contribution in [3.05, 3.63) is 119 Å². The Balaban J connectivity index is 1.57. The van der Waals surface area contributed by atoms with Gasteiger partial charge < -0.3 is 10.4 Å². The minimum absolute atomic E-state index is 0.0920. The first-order valence-corrected chi connectivity index (χ1v) is 10.6. The number of hydrogen-bond donors (Lipinski definition) is 2. The Morgan fingerprint density at radius 1 is 0.909 bits per heavy atom. The summed E-state index contributed by atoms with van der Waals surface area (Å²) in [6.45, 7) is -0.170. The molecule has 1 atom stereocenters. The van der Waals surface area contributed by atoms with E-state index >= 15 is 0 Å². The van der Waals surface area contributed by atoms with Crippen LogP contribution in [0.4, 0.5) is 0 Å². The van der Waals surface area contributed by atoms with Crippen molar-refractivity contribution in [2.45, 2.75) is 12.6 Å². The van der Waals surface area contributed by atoms with Gasteiger partial charge in [0, 0.05) is 5.56 Å². The summed E-state index contributed by atoms with van der Waals surface area (Å²) >= 11 is 0. The third kappa shape index (κ3) is 3.94. The van der Waals surface area contributed by atoms with Crippen molar-refractivity contribution in [1.29, 1.82) is 0 Å². The van der Waals surface area contributed by atoms with E-state index in [1.54, 1.807) is 24.3 Å². The molecule has 1 aromatic heterocycles. The predicted molar refractivity (Wildman–Crippen MR) is 128 cm³/mol. The predicted octanol–water partition coefficient (Wildman–Crippen LogP) is 4.16. The van der Waals surface area contributed by atoms with Crippen LogP contribution in [0.2, 0.25) is 0 Å². The number of fused-ring (bicyclic) bond motifs is 2. The first-order chi connectivity index (χ1) is 16.1. The number of carbonyl (C=O) groups is 1. The summed E-state index contributed by atoms with van der Waals surface area (Å²) < 4.78 is 1.41. The van der Waals surface area contributed by atoms with E-state index in [9.17, 15) is 14.7 Å². The zero-order valence-corrected chi connectivity index (χ0v) is 17.7. The lowest BCUT2D eigenvalue weighted by molar-refractivity contribution is -0.122. The fourth-order valence-electron chi connectivity index (χ4n) is 4.18. The van der Waals surface area contributed by atoms with Gasteiger partial charge in [0.2, 0.25) is 5.91 Å². The molecule has 0 aliphatic rings. The van der Waals surface area contributed by atoms with E-state index in [-0.39, 0.29) is 23.8 Å². The molecule has 0 aliphatic carbocycles. The van der Waals surface area contributed by atoms with Gasteiger partial charge in [0.25, 0.3) is 5.56 Å². The zero-order valence-electron chi connectivity index (χ0n) is 17.7. The van der Waals surface area contributed by atoms with Crippen LogP contribution < -0.4 is 10.9 Å². The van der Waals surface area contributed by atoms with E-state index < -0.39 is 6.04 Å². The van der Waals surface area contributed by atoms with Crippen LogP contribution in [0.15, 0.2) is 102 Å². The van der Waals surface area contributed by atoms with Crippen molar-refractivity contribution in [3.63, 3.8) is 0 Å². The van der Waals surface area contributed by atoms with Crippen LogP contribution in [-0.2, 0) is 11.3 Å². The summed E-state index contributed by atoms with van der Waals surface area (Å²) in [6.07, 6.45) is 1.22. The first kappa shape index (κ1) is 20.5. The number of amides is 1. The smallest absolute Gasteiger partial charge is 0.269 e. The van der Waals surface area contributed by atoms with E-state index in [1.165, 1.54) is 10.8 Å². The maximum Gasteiger partial charge on any atom is 0.269 e. The van der Waals surface area contributed by atoms with Gasteiger partial charge in [0.15, 0.2) is 0 Å². The molecule has 33 heavy (non-hydrogen) atoms. The fourth-order valence-corrected chi connectivity index (χ4v) is 4.18. The third-order valence-corrected chi connectivity index (χ3v) is 5.73. The molecule has 162 valence electrons. The van der Waals surface area contributed by atoms with Gasteiger partial charge in [-0.05, 0) is 34.5 Å². The van der Waals surface area contributed by atoms with Crippen molar-refractivity contribution < 1.29 is 9.90 Å². The number of nitrogens with zero attached hydrogens (tertiary/aromatic N) is 2. The second-order valence-corrected chi connectivity index (χ2v) is 7.80. The van der Waals surface area contributed by atoms with Crippen LogP contribution in [0.25, 0.3) is 21.8 Å². The number of hydrogen-bond acceptors (Lipinski definition) is 4. The molecule has 5 rings (SSSR count). The highest BCUT2D eigenvalue weighted by molar-refractivity contribution is 5.89. The highest BCUT2D eigenvalue weighted by Crippen LogP contribution is 2.35. The summed E-state index contributed by atoms with van der Waals surface area (Å²) in [5, 5.41) is 15.7. The normalized spacial score (nSPS) is 12.0. The van der Waals surface area contributed by atoms with Crippen LogP contribution in [0, 0.1) is 0 Å². The molecule has 1 heterocycles. The van der Waals surface area contributed by atoms with Crippen molar-refractivity contribution in [1.82, 2.24) is 14.9 Å². The third-order valence-electron chi connectivity index (χ3n) is 5.73. The SMILES string of the molecule is O=C(Cn1c(=O)cnc2ccccc21)NC(c1ccccc1)c1c(O)ccc2ccccc12. The number of aromatic nitrogens is 2. The lowest BCUT2D eigenvalue weighted by Gasteiger charge is -2.23. The number of rotatable bonds is 5. The first-order valence-electron chi connectivity index (χ1n) is 10.6. The molecular weight excluding hydrogens is 414 g/mol. The topological polar surface area (TPSA) is 84.2 Å². The van der Waals surface area contributed by atoms with Gasteiger partial charge in [-0.1, -0.05) is 72.8 Å². The quantitative estimate of drug-likeness (QED) is 0.434. The van der Waals surface area contributed by atoms with Gasteiger partial charge in [0.05, 0.1) is 23.3 Å². The average Bonchev–Trinajstić information content (AvgIpc) is 2.85. The lowest BCUT2D eigenvalue weighted by atomic mass is 9.92. The number of benzene rings is 4.